The maximum absolute atomic E-state index is 13.9. The molecule has 0 aliphatic carbocycles. The van der Waals surface area contributed by atoms with Crippen molar-refractivity contribution < 1.29 is 13.5 Å². The summed E-state index contributed by atoms with van der Waals surface area (Å²) < 4.78 is 32.5. The maximum Gasteiger partial charge on any atom is 0.147 e. The molecule has 2 unspecified atom stereocenters. The van der Waals surface area contributed by atoms with E-state index in [-0.39, 0.29) is 6.10 Å². The molecule has 0 amide bonds. The summed E-state index contributed by atoms with van der Waals surface area (Å²) in [5, 5.41) is 0. The lowest BCUT2D eigenvalue weighted by Gasteiger charge is -2.14. The molecule has 1 nitrogen and oxygen atoms in total. The summed E-state index contributed by atoms with van der Waals surface area (Å²) in [6, 6.07) is 13.1. The van der Waals surface area contributed by atoms with Crippen molar-refractivity contribution in [2.24, 2.45) is 0 Å². The van der Waals surface area contributed by atoms with Crippen LogP contribution in [-0.2, 0) is 10.3 Å². The van der Waals surface area contributed by atoms with Gasteiger partial charge in [-0.25, -0.2) is 8.78 Å². The van der Waals surface area contributed by atoms with Gasteiger partial charge in [0, 0.05) is 11.6 Å². The minimum atomic E-state index is -0.765. The molecule has 0 radical (unpaired) electrons. The van der Waals surface area contributed by atoms with Gasteiger partial charge >= 0.3 is 0 Å². The molecule has 0 N–H and O–H groups in total. The van der Waals surface area contributed by atoms with Crippen LogP contribution >= 0.6 is 0 Å². The van der Waals surface area contributed by atoms with E-state index in [1.807, 2.05) is 37.3 Å². The zero-order valence-corrected chi connectivity index (χ0v) is 9.86. The molecule has 2 aromatic rings. The molecule has 0 bridgehead atoms. The van der Waals surface area contributed by atoms with Gasteiger partial charge in [0.05, 0.1) is 6.10 Å². The van der Waals surface area contributed by atoms with Crippen molar-refractivity contribution in [1.29, 1.82) is 0 Å². The van der Waals surface area contributed by atoms with Crippen LogP contribution in [0.5, 0.6) is 0 Å². The summed E-state index contributed by atoms with van der Waals surface area (Å²) in [7, 11) is 0. The van der Waals surface area contributed by atoms with E-state index in [0.29, 0.717) is 5.56 Å². The first-order valence-corrected chi connectivity index (χ1v) is 5.83. The Kier molecular flexibility index (Phi) is 2.45. The highest BCUT2D eigenvalue weighted by atomic mass is 19.1. The molecule has 1 fully saturated rings. The second-order valence-electron chi connectivity index (χ2n) is 4.49. The first-order chi connectivity index (χ1) is 8.64. The molecule has 1 saturated heterocycles. The van der Waals surface area contributed by atoms with Gasteiger partial charge < -0.3 is 4.74 Å². The van der Waals surface area contributed by atoms with E-state index in [1.54, 1.807) is 0 Å². The number of hydrogen-bond acceptors (Lipinski definition) is 1. The van der Waals surface area contributed by atoms with Crippen LogP contribution in [0.4, 0.5) is 8.78 Å². The van der Waals surface area contributed by atoms with Gasteiger partial charge in [-0.3, -0.25) is 0 Å². The van der Waals surface area contributed by atoms with Crippen LogP contribution in [0, 0.1) is 11.6 Å². The van der Waals surface area contributed by atoms with Gasteiger partial charge in [0.2, 0.25) is 0 Å². The molecule has 2 aromatic carbocycles. The van der Waals surface area contributed by atoms with Crippen molar-refractivity contribution in [2.75, 3.05) is 0 Å². The second-order valence-corrected chi connectivity index (χ2v) is 4.49. The Morgan fingerprint density at radius 3 is 2.28 bits per heavy atom. The fraction of sp³-hybridized carbons (Fsp3) is 0.200. The molecule has 0 aromatic heterocycles. The van der Waals surface area contributed by atoms with Crippen molar-refractivity contribution in [3.63, 3.8) is 0 Å². The molecule has 18 heavy (non-hydrogen) atoms. The van der Waals surface area contributed by atoms with Crippen molar-refractivity contribution in [3.05, 3.63) is 71.3 Å². The Bertz CT molecular complexity index is 582. The highest BCUT2D eigenvalue weighted by Crippen LogP contribution is 2.52. The first-order valence-electron chi connectivity index (χ1n) is 5.83. The quantitative estimate of drug-likeness (QED) is 0.737. The Morgan fingerprint density at radius 2 is 1.72 bits per heavy atom. The Hall–Kier alpha value is -1.74. The van der Waals surface area contributed by atoms with E-state index in [0.717, 1.165) is 11.6 Å². The van der Waals surface area contributed by atoms with Gasteiger partial charge in [0.25, 0.3) is 0 Å². The smallest absolute Gasteiger partial charge is 0.147 e. The van der Waals surface area contributed by atoms with Gasteiger partial charge in [-0.1, -0.05) is 30.3 Å². The molecule has 1 aliphatic heterocycles. The summed E-state index contributed by atoms with van der Waals surface area (Å²) in [4.78, 5) is 0. The fourth-order valence-electron chi connectivity index (χ4n) is 2.46. The first kappa shape index (κ1) is 11.4. The van der Waals surface area contributed by atoms with Crippen LogP contribution < -0.4 is 0 Å². The van der Waals surface area contributed by atoms with E-state index in [1.165, 1.54) is 12.1 Å². The largest absolute Gasteiger partial charge is 0.356 e. The Morgan fingerprint density at radius 1 is 1.06 bits per heavy atom. The van der Waals surface area contributed by atoms with Gasteiger partial charge in [-0.2, -0.15) is 0 Å². The molecule has 3 rings (SSSR count). The Labute approximate surface area is 104 Å². The van der Waals surface area contributed by atoms with Crippen LogP contribution in [0.3, 0.4) is 0 Å². The number of hydrogen-bond donors (Lipinski definition) is 0. The molecule has 1 aliphatic rings. The van der Waals surface area contributed by atoms with Crippen LogP contribution in [-0.4, -0.2) is 6.10 Å². The zero-order chi connectivity index (χ0) is 12.8. The van der Waals surface area contributed by atoms with E-state index in [2.05, 4.69) is 0 Å². The number of ether oxygens (including phenoxy) is 1. The number of epoxide rings is 1. The molecule has 0 spiro atoms. The normalized spacial score (nSPS) is 26.1. The molecule has 92 valence electrons. The standard InChI is InChI=1S/C15H12F2O/c1-10-15(18-10,11-5-3-2-4-6-11)13-8-7-12(16)9-14(13)17/h2-10H,1H3. The van der Waals surface area contributed by atoms with Crippen LogP contribution in [0.25, 0.3) is 0 Å². The molecule has 1 heterocycles. The lowest BCUT2D eigenvalue weighted by atomic mass is 9.88. The monoisotopic (exact) mass is 246 g/mol. The Balaban J connectivity index is 2.14. The average Bonchev–Trinajstić information content (AvgIpc) is 3.03. The van der Waals surface area contributed by atoms with Crippen molar-refractivity contribution in [1.82, 2.24) is 0 Å². The molecule has 3 heteroatoms. The maximum atomic E-state index is 13.9. The zero-order valence-electron chi connectivity index (χ0n) is 9.86. The summed E-state index contributed by atoms with van der Waals surface area (Å²) in [6.45, 7) is 1.88. The summed E-state index contributed by atoms with van der Waals surface area (Å²) in [5.41, 5.74) is 0.518. The van der Waals surface area contributed by atoms with Crippen molar-refractivity contribution >= 4 is 0 Å². The molecular weight excluding hydrogens is 234 g/mol. The van der Waals surface area contributed by atoms with Crippen molar-refractivity contribution in [2.45, 2.75) is 18.6 Å². The molecular formula is C15H12F2O. The average molecular weight is 246 g/mol. The fourth-order valence-corrected chi connectivity index (χ4v) is 2.46. The third kappa shape index (κ3) is 1.55. The third-order valence-electron chi connectivity index (χ3n) is 3.41. The molecule has 2 atom stereocenters. The van der Waals surface area contributed by atoms with Crippen LogP contribution in [0.15, 0.2) is 48.5 Å². The summed E-state index contributed by atoms with van der Waals surface area (Å²) in [5.74, 6) is -1.14. The van der Waals surface area contributed by atoms with E-state index < -0.39 is 17.2 Å². The minimum absolute atomic E-state index is 0.111. The van der Waals surface area contributed by atoms with Crippen molar-refractivity contribution in [3.8, 4) is 0 Å². The number of halogens is 2. The minimum Gasteiger partial charge on any atom is -0.356 e. The lowest BCUT2D eigenvalue weighted by molar-refractivity contribution is 0.325. The third-order valence-corrected chi connectivity index (χ3v) is 3.41. The lowest BCUT2D eigenvalue weighted by Crippen LogP contribution is -2.15. The highest BCUT2D eigenvalue weighted by Gasteiger charge is 2.57. The number of rotatable bonds is 2. The van der Waals surface area contributed by atoms with Crippen LogP contribution in [0.1, 0.15) is 18.1 Å². The molecule has 0 saturated carbocycles. The van der Waals surface area contributed by atoms with Gasteiger partial charge in [0.1, 0.15) is 17.2 Å². The SMILES string of the molecule is CC1OC1(c1ccccc1)c1ccc(F)cc1F. The summed E-state index contributed by atoms with van der Waals surface area (Å²) >= 11 is 0. The van der Waals surface area contributed by atoms with Crippen LogP contribution in [0.2, 0.25) is 0 Å². The topological polar surface area (TPSA) is 12.5 Å². The van der Waals surface area contributed by atoms with Gasteiger partial charge in [0.15, 0.2) is 0 Å². The van der Waals surface area contributed by atoms with Gasteiger partial charge in [-0.05, 0) is 24.6 Å². The summed E-state index contributed by atoms with van der Waals surface area (Å²) in [6.07, 6.45) is -0.111. The van der Waals surface area contributed by atoms with E-state index in [4.69, 9.17) is 4.74 Å². The predicted molar refractivity (Wildman–Crippen MR) is 64.1 cm³/mol. The second kappa shape index (κ2) is 3.89. The van der Waals surface area contributed by atoms with E-state index in [9.17, 15) is 8.78 Å². The van der Waals surface area contributed by atoms with E-state index >= 15 is 0 Å². The number of benzene rings is 2. The predicted octanol–water partition coefficient (Wildman–Crippen LogP) is 3.63. The van der Waals surface area contributed by atoms with Gasteiger partial charge in [-0.15, -0.1) is 0 Å². The highest BCUT2D eigenvalue weighted by molar-refractivity contribution is 5.43.